The second-order valence-electron chi connectivity index (χ2n) is 8.29. The Kier molecular flexibility index (Phi) is 23.0. The van der Waals surface area contributed by atoms with Crippen molar-refractivity contribution in [3.8, 4) is 0 Å². The van der Waals surface area contributed by atoms with E-state index in [-0.39, 0.29) is 0 Å². The highest BCUT2D eigenvalue weighted by atomic mass is 31.2. The van der Waals surface area contributed by atoms with Crippen LogP contribution in [0.1, 0.15) is 124 Å². The van der Waals surface area contributed by atoms with Gasteiger partial charge in [-0.25, -0.2) is 0 Å². The maximum Gasteiger partial charge on any atom is 0.330 e. The van der Waals surface area contributed by atoms with Gasteiger partial charge in [0.25, 0.3) is 0 Å². The van der Waals surface area contributed by atoms with E-state index in [1.807, 2.05) is 0 Å². The van der Waals surface area contributed by atoms with Crippen LogP contribution in [-0.4, -0.2) is 19.4 Å². The van der Waals surface area contributed by atoms with Crippen LogP contribution in [0.5, 0.6) is 0 Å². The molecule has 0 atom stereocenters. The first-order valence-electron chi connectivity index (χ1n) is 12.9. The van der Waals surface area contributed by atoms with E-state index in [0.717, 1.165) is 44.9 Å². The zero-order valence-corrected chi connectivity index (χ0v) is 21.3. The number of unbranched alkanes of at least 4 members (excludes halogenated alkanes) is 11. The van der Waals surface area contributed by atoms with Crippen LogP contribution in [0.25, 0.3) is 0 Å². The molecule has 30 heavy (non-hydrogen) atoms. The fraction of sp³-hybridized carbons (Fsp3) is 0.846. The Bertz CT molecular complexity index is 432. The van der Waals surface area contributed by atoms with Crippen molar-refractivity contribution >= 4 is 7.60 Å². The summed E-state index contributed by atoms with van der Waals surface area (Å²) in [6.07, 6.45) is 28.4. The summed E-state index contributed by atoms with van der Waals surface area (Å²) in [6, 6.07) is 0. The number of rotatable bonds is 23. The van der Waals surface area contributed by atoms with Gasteiger partial charge >= 0.3 is 7.60 Å². The smallest absolute Gasteiger partial charge is 0.309 e. The van der Waals surface area contributed by atoms with Gasteiger partial charge in [0, 0.05) is 0 Å². The van der Waals surface area contributed by atoms with Crippen molar-refractivity contribution in [3.63, 3.8) is 0 Å². The van der Waals surface area contributed by atoms with E-state index >= 15 is 0 Å². The molecule has 0 aromatic rings. The van der Waals surface area contributed by atoms with Gasteiger partial charge in [-0.05, 0) is 51.4 Å². The quantitative estimate of drug-likeness (QED) is 0.0897. The maximum absolute atomic E-state index is 12.9. The Morgan fingerprint density at radius 3 is 1.57 bits per heavy atom. The van der Waals surface area contributed by atoms with Gasteiger partial charge in [-0.15, -0.1) is 0 Å². The molecule has 0 radical (unpaired) electrons. The summed E-state index contributed by atoms with van der Waals surface area (Å²) in [5.41, 5.74) is 0. The SMILES string of the molecule is CCCCC/C=C\C/C=C\CCCCCCCCP(=O)(OCCCC)OCCCC. The molecule has 0 aromatic carbocycles. The molecule has 0 fully saturated rings. The van der Waals surface area contributed by atoms with Gasteiger partial charge in [0.1, 0.15) is 0 Å². The normalized spacial score (nSPS) is 12.5. The van der Waals surface area contributed by atoms with Crippen LogP contribution < -0.4 is 0 Å². The van der Waals surface area contributed by atoms with Crippen LogP contribution in [0.3, 0.4) is 0 Å². The van der Waals surface area contributed by atoms with Crippen LogP contribution >= 0.6 is 7.60 Å². The summed E-state index contributed by atoms with van der Waals surface area (Å²) in [5.74, 6) is 0. The molecular formula is C26H51O3P. The molecule has 0 amide bonds. The lowest BCUT2D eigenvalue weighted by molar-refractivity contribution is 0.199. The second-order valence-corrected chi connectivity index (χ2v) is 10.5. The maximum atomic E-state index is 12.9. The van der Waals surface area contributed by atoms with Crippen LogP contribution in [0.4, 0.5) is 0 Å². The van der Waals surface area contributed by atoms with Crippen molar-refractivity contribution in [1.29, 1.82) is 0 Å². The third-order valence-electron chi connectivity index (χ3n) is 5.20. The Labute approximate surface area is 188 Å². The molecule has 0 aliphatic carbocycles. The molecule has 0 heterocycles. The van der Waals surface area contributed by atoms with Crippen LogP contribution in [0, 0.1) is 0 Å². The minimum absolute atomic E-state index is 0.558. The monoisotopic (exact) mass is 442 g/mol. The van der Waals surface area contributed by atoms with Gasteiger partial charge in [0.2, 0.25) is 0 Å². The van der Waals surface area contributed by atoms with E-state index in [0.29, 0.717) is 19.4 Å². The highest BCUT2D eigenvalue weighted by molar-refractivity contribution is 7.53. The third kappa shape index (κ3) is 20.9. The fourth-order valence-corrected chi connectivity index (χ4v) is 4.91. The van der Waals surface area contributed by atoms with E-state index in [1.54, 1.807) is 0 Å². The van der Waals surface area contributed by atoms with Gasteiger partial charge in [0.05, 0.1) is 19.4 Å². The molecule has 0 aliphatic heterocycles. The van der Waals surface area contributed by atoms with E-state index < -0.39 is 7.60 Å². The summed E-state index contributed by atoms with van der Waals surface area (Å²) in [6.45, 7) is 7.60. The average molecular weight is 443 g/mol. The van der Waals surface area contributed by atoms with Gasteiger partial charge < -0.3 is 9.05 Å². The lowest BCUT2D eigenvalue weighted by Gasteiger charge is -2.18. The zero-order valence-electron chi connectivity index (χ0n) is 20.4. The fourth-order valence-electron chi connectivity index (χ4n) is 3.16. The second kappa shape index (κ2) is 23.3. The Balaban J connectivity index is 3.67. The van der Waals surface area contributed by atoms with Crippen LogP contribution in [0.15, 0.2) is 24.3 Å². The van der Waals surface area contributed by atoms with Crippen molar-refractivity contribution in [2.45, 2.75) is 124 Å². The summed E-state index contributed by atoms with van der Waals surface area (Å²) in [7, 11) is -2.88. The number of allylic oxidation sites excluding steroid dienone is 4. The molecule has 4 heteroatoms. The molecule has 0 N–H and O–H groups in total. The summed E-state index contributed by atoms with van der Waals surface area (Å²) in [4.78, 5) is 0. The van der Waals surface area contributed by atoms with Gasteiger partial charge in [-0.1, -0.05) is 96.4 Å². The van der Waals surface area contributed by atoms with Crippen molar-refractivity contribution in [2.24, 2.45) is 0 Å². The van der Waals surface area contributed by atoms with E-state index in [2.05, 4.69) is 45.1 Å². The lowest BCUT2D eigenvalue weighted by Crippen LogP contribution is -2.03. The Morgan fingerprint density at radius 2 is 1.03 bits per heavy atom. The van der Waals surface area contributed by atoms with Gasteiger partial charge in [0.15, 0.2) is 0 Å². The van der Waals surface area contributed by atoms with Crippen molar-refractivity contribution in [2.75, 3.05) is 19.4 Å². The predicted octanol–water partition coefficient (Wildman–Crippen LogP) is 9.63. The number of hydrogen-bond acceptors (Lipinski definition) is 3. The van der Waals surface area contributed by atoms with Gasteiger partial charge in [-0.3, -0.25) is 4.57 Å². The van der Waals surface area contributed by atoms with Crippen molar-refractivity contribution in [3.05, 3.63) is 24.3 Å². The largest absolute Gasteiger partial charge is 0.330 e. The average Bonchev–Trinajstić information content (AvgIpc) is 2.74. The first-order chi connectivity index (χ1) is 14.7. The number of hydrogen-bond donors (Lipinski definition) is 0. The van der Waals surface area contributed by atoms with E-state index in [9.17, 15) is 4.57 Å². The van der Waals surface area contributed by atoms with Crippen molar-refractivity contribution < 1.29 is 13.6 Å². The first kappa shape index (κ1) is 29.6. The third-order valence-corrected chi connectivity index (χ3v) is 7.22. The van der Waals surface area contributed by atoms with E-state index in [1.165, 1.54) is 57.8 Å². The Morgan fingerprint density at radius 1 is 0.567 bits per heavy atom. The standard InChI is InChI=1S/C26H51O3P/c1-4-7-10-11-12-13-14-15-16-17-18-19-20-21-22-23-26-30(27,28-24-8-5-2)29-25-9-6-3/h12-13,15-16H,4-11,14,17-26H2,1-3H3/b13-12-,16-15-. The molecule has 0 bridgehead atoms. The predicted molar refractivity (Wildman–Crippen MR) is 134 cm³/mol. The van der Waals surface area contributed by atoms with E-state index in [4.69, 9.17) is 9.05 Å². The summed E-state index contributed by atoms with van der Waals surface area (Å²) in [5, 5.41) is 0. The van der Waals surface area contributed by atoms with Gasteiger partial charge in [-0.2, -0.15) is 0 Å². The minimum atomic E-state index is -2.88. The molecule has 3 nitrogen and oxygen atoms in total. The molecule has 178 valence electrons. The summed E-state index contributed by atoms with van der Waals surface area (Å²) >= 11 is 0. The zero-order chi connectivity index (χ0) is 22.2. The molecule has 0 aromatic heterocycles. The van der Waals surface area contributed by atoms with Crippen LogP contribution in [-0.2, 0) is 13.6 Å². The molecule has 0 aliphatic rings. The van der Waals surface area contributed by atoms with Crippen LogP contribution in [0.2, 0.25) is 0 Å². The first-order valence-corrected chi connectivity index (χ1v) is 14.6. The molecule has 0 spiro atoms. The Hall–Kier alpha value is -0.370. The van der Waals surface area contributed by atoms with Crippen molar-refractivity contribution in [1.82, 2.24) is 0 Å². The molecule has 0 rings (SSSR count). The lowest BCUT2D eigenvalue weighted by atomic mass is 10.1. The molecule has 0 saturated heterocycles. The summed E-state index contributed by atoms with van der Waals surface area (Å²) < 4.78 is 24.2. The highest BCUT2D eigenvalue weighted by Gasteiger charge is 2.23. The molecule has 0 saturated carbocycles. The minimum Gasteiger partial charge on any atom is -0.309 e. The topological polar surface area (TPSA) is 35.5 Å². The molecular weight excluding hydrogens is 391 g/mol. The molecule has 0 unspecified atom stereocenters. The highest BCUT2D eigenvalue weighted by Crippen LogP contribution is 2.49.